The maximum Gasteiger partial charge on any atom is 0.327 e. The van der Waals surface area contributed by atoms with Crippen LogP contribution in [-0.2, 0) is 4.79 Å². The molecule has 21 heavy (non-hydrogen) atoms. The summed E-state index contributed by atoms with van der Waals surface area (Å²) in [6.45, 7) is 4.17. The summed E-state index contributed by atoms with van der Waals surface area (Å²) in [5.74, 6) is -0.0170. The molecule has 2 amide bonds. The molecule has 2 rings (SSSR count). The molecule has 1 saturated heterocycles. The van der Waals surface area contributed by atoms with Crippen LogP contribution in [0.1, 0.15) is 13.8 Å². The summed E-state index contributed by atoms with van der Waals surface area (Å²) in [6.07, 6.45) is 0. The average molecular weight is 310 g/mol. The van der Waals surface area contributed by atoms with E-state index in [-0.39, 0.29) is 5.37 Å². The molecule has 2 unspecified atom stereocenters. The Morgan fingerprint density at radius 1 is 1.48 bits per heavy atom. The smallest absolute Gasteiger partial charge is 0.327 e. The number of amides is 2. The minimum absolute atomic E-state index is 0.176. The zero-order valence-corrected chi connectivity index (χ0v) is 12.7. The minimum atomic E-state index is -0.986. The van der Waals surface area contributed by atoms with Gasteiger partial charge in [0.25, 0.3) is 0 Å². The van der Waals surface area contributed by atoms with Gasteiger partial charge in [0.1, 0.15) is 11.8 Å². The topological polar surface area (TPSA) is 78.9 Å². The summed E-state index contributed by atoms with van der Waals surface area (Å²) in [7, 11) is 0. The van der Waals surface area contributed by atoms with Crippen LogP contribution in [-0.4, -0.2) is 45.8 Å². The number of ether oxygens (including phenoxy) is 1. The Hall–Kier alpha value is -1.89. The third-order valence-electron chi connectivity index (χ3n) is 3.17. The number of para-hydroxylation sites is 2. The van der Waals surface area contributed by atoms with Gasteiger partial charge in [-0.3, -0.25) is 4.90 Å². The standard InChI is InChI=1S/C14H18N2O4S/c1-3-20-12-7-5-4-6-10(12)15-14(19)16-9(2)21-8-11(16)13(17)18/h4-7,9,11H,3,8H2,1-2H3,(H,15,19)(H,17,18). The molecule has 1 fully saturated rings. The van der Waals surface area contributed by atoms with Crippen LogP contribution in [0.5, 0.6) is 5.75 Å². The lowest BCUT2D eigenvalue weighted by atomic mass is 10.2. The first-order valence-corrected chi connectivity index (χ1v) is 7.75. The van der Waals surface area contributed by atoms with E-state index in [0.717, 1.165) is 0 Å². The second-order valence-corrected chi connectivity index (χ2v) is 5.90. The lowest BCUT2D eigenvalue weighted by Gasteiger charge is -2.25. The molecule has 1 heterocycles. The van der Waals surface area contributed by atoms with Crippen LogP contribution in [0.15, 0.2) is 24.3 Å². The fraction of sp³-hybridized carbons (Fsp3) is 0.429. The van der Waals surface area contributed by atoms with Crippen molar-refractivity contribution in [1.82, 2.24) is 4.90 Å². The van der Waals surface area contributed by atoms with Gasteiger partial charge in [-0.1, -0.05) is 12.1 Å². The zero-order chi connectivity index (χ0) is 15.4. The Balaban J connectivity index is 2.15. The molecule has 0 spiro atoms. The van der Waals surface area contributed by atoms with E-state index in [9.17, 15) is 14.7 Å². The monoisotopic (exact) mass is 310 g/mol. The van der Waals surface area contributed by atoms with Gasteiger partial charge in [-0.05, 0) is 26.0 Å². The Kier molecular flexibility index (Phi) is 4.95. The van der Waals surface area contributed by atoms with Gasteiger partial charge in [0, 0.05) is 5.75 Å². The number of aliphatic carboxylic acids is 1. The van der Waals surface area contributed by atoms with Gasteiger partial charge < -0.3 is 15.2 Å². The molecule has 0 saturated carbocycles. The molecule has 7 heteroatoms. The van der Waals surface area contributed by atoms with Crippen molar-refractivity contribution in [3.05, 3.63) is 24.3 Å². The number of rotatable bonds is 4. The number of nitrogens with zero attached hydrogens (tertiary/aromatic N) is 1. The number of carboxylic acids is 1. The number of nitrogens with one attached hydrogen (secondary N) is 1. The van der Waals surface area contributed by atoms with Gasteiger partial charge in [-0.2, -0.15) is 0 Å². The number of carboxylic acid groups (broad SMARTS) is 1. The Morgan fingerprint density at radius 2 is 2.19 bits per heavy atom. The molecule has 114 valence electrons. The Bertz CT molecular complexity index is 537. The number of thioether (sulfide) groups is 1. The van der Waals surface area contributed by atoms with E-state index in [4.69, 9.17) is 4.74 Å². The third kappa shape index (κ3) is 3.41. The quantitative estimate of drug-likeness (QED) is 0.893. The molecule has 1 aromatic rings. The summed E-state index contributed by atoms with van der Waals surface area (Å²) in [5.41, 5.74) is 0.539. The summed E-state index contributed by atoms with van der Waals surface area (Å²) >= 11 is 1.45. The predicted molar refractivity (Wildman–Crippen MR) is 81.8 cm³/mol. The summed E-state index contributed by atoms with van der Waals surface area (Å²) < 4.78 is 5.45. The van der Waals surface area contributed by atoms with Gasteiger partial charge in [0.2, 0.25) is 0 Å². The SMILES string of the molecule is CCOc1ccccc1NC(=O)N1C(C)SCC1C(=O)O. The van der Waals surface area contributed by atoms with Crippen LogP contribution in [0, 0.1) is 0 Å². The molecule has 6 nitrogen and oxygen atoms in total. The molecule has 0 radical (unpaired) electrons. The minimum Gasteiger partial charge on any atom is -0.492 e. The summed E-state index contributed by atoms with van der Waals surface area (Å²) in [6, 6.07) is 5.86. The van der Waals surface area contributed by atoms with Gasteiger partial charge in [0.05, 0.1) is 17.7 Å². The first kappa shape index (κ1) is 15.5. The first-order chi connectivity index (χ1) is 10.0. The number of carbonyl (C=O) groups excluding carboxylic acids is 1. The van der Waals surface area contributed by atoms with Crippen LogP contribution < -0.4 is 10.1 Å². The summed E-state index contributed by atoms with van der Waals surface area (Å²) in [4.78, 5) is 25.0. The molecule has 1 aliphatic rings. The zero-order valence-electron chi connectivity index (χ0n) is 11.9. The maximum absolute atomic E-state index is 12.4. The van der Waals surface area contributed by atoms with Crippen LogP contribution in [0.25, 0.3) is 0 Å². The second kappa shape index (κ2) is 6.71. The van der Waals surface area contributed by atoms with Crippen molar-refractivity contribution >= 4 is 29.4 Å². The normalized spacial score (nSPS) is 21.1. The van der Waals surface area contributed by atoms with Crippen LogP contribution in [0.2, 0.25) is 0 Å². The number of hydrogen-bond donors (Lipinski definition) is 2. The van der Waals surface area contributed by atoms with Crippen molar-refractivity contribution in [2.24, 2.45) is 0 Å². The number of hydrogen-bond acceptors (Lipinski definition) is 4. The lowest BCUT2D eigenvalue weighted by Crippen LogP contribution is -2.46. The van der Waals surface area contributed by atoms with Gasteiger partial charge in [-0.25, -0.2) is 9.59 Å². The number of urea groups is 1. The molecule has 1 aliphatic heterocycles. The predicted octanol–water partition coefficient (Wildman–Crippen LogP) is 2.47. The Labute approximate surface area is 127 Å². The highest BCUT2D eigenvalue weighted by Gasteiger charge is 2.39. The van der Waals surface area contributed by atoms with E-state index in [1.54, 1.807) is 18.2 Å². The summed E-state index contributed by atoms with van der Waals surface area (Å²) in [5, 5.41) is 11.8. The van der Waals surface area contributed by atoms with Crippen molar-refractivity contribution < 1.29 is 19.4 Å². The van der Waals surface area contributed by atoms with Crippen molar-refractivity contribution in [2.75, 3.05) is 17.7 Å². The highest BCUT2D eigenvalue weighted by Crippen LogP contribution is 2.31. The molecule has 2 atom stereocenters. The molecule has 1 aromatic carbocycles. The highest BCUT2D eigenvalue weighted by atomic mass is 32.2. The van der Waals surface area contributed by atoms with E-state index < -0.39 is 18.0 Å². The third-order valence-corrected chi connectivity index (χ3v) is 4.39. The van der Waals surface area contributed by atoms with Crippen molar-refractivity contribution in [1.29, 1.82) is 0 Å². The van der Waals surface area contributed by atoms with E-state index in [0.29, 0.717) is 23.8 Å². The fourth-order valence-corrected chi connectivity index (χ4v) is 3.34. The van der Waals surface area contributed by atoms with Gasteiger partial charge in [-0.15, -0.1) is 11.8 Å². The maximum atomic E-state index is 12.4. The molecular weight excluding hydrogens is 292 g/mol. The number of carbonyl (C=O) groups is 2. The van der Waals surface area contributed by atoms with E-state index in [1.165, 1.54) is 16.7 Å². The largest absolute Gasteiger partial charge is 0.492 e. The van der Waals surface area contributed by atoms with Crippen LogP contribution in [0.3, 0.4) is 0 Å². The van der Waals surface area contributed by atoms with Crippen molar-refractivity contribution in [2.45, 2.75) is 25.3 Å². The van der Waals surface area contributed by atoms with Gasteiger partial charge in [0.15, 0.2) is 0 Å². The molecule has 0 aromatic heterocycles. The Morgan fingerprint density at radius 3 is 2.86 bits per heavy atom. The van der Waals surface area contributed by atoms with E-state index in [2.05, 4.69) is 5.32 Å². The van der Waals surface area contributed by atoms with Gasteiger partial charge >= 0.3 is 12.0 Å². The highest BCUT2D eigenvalue weighted by molar-refractivity contribution is 8.00. The average Bonchev–Trinajstić information content (AvgIpc) is 2.83. The first-order valence-electron chi connectivity index (χ1n) is 6.70. The molecule has 0 aliphatic carbocycles. The second-order valence-electron chi connectivity index (χ2n) is 4.55. The lowest BCUT2D eigenvalue weighted by molar-refractivity contribution is -0.141. The molecule has 2 N–H and O–H groups in total. The van der Waals surface area contributed by atoms with Crippen molar-refractivity contribution in [3.8, 4) is 5.75 Å². The molecule has 0 bridgehead atoms. The van der Waals surface area contributed by atoms with E-state index >= 15 is 0 Å². The number of anilines is 1. The molecular formula is C14H18N2O4S. The van der Waals surface area contributed by atoms with Crippen LogP contribution >= 0.6 is 11.8 Å². The number of benzene rings is 1. The fourth-order valence-electron chi connectivity index (χ4n) is 2.17. The van der Waals surface area contributed by atoms with Crippen LogP contribution in [0.4, 0.5) is 10.5 Å². The van der Waals surface area contributed by atoms with E-state index in [1.807, 2.05) is 19.9 Å². The van der Waals surface area contributed by atoms with Crippen molar-refractivity contribution in [3.63, 3.8) is 0 Å².